The smallest absolute Gasteiger partial charge is 0.291 e. The first kappa shape index (κ1) is 21.9. The minimum Gasteiger partial charge on any atom is -0.489 e. The molecule has 0 spiro atoms. The zero-order valence-electron chi connectivity index (χ0n) is 18.3. The van der Waals surface area contributed by atoms with E-state index >= 15 is 0 Å². The van der Waals surface area contributed by atoms with Crippen molar-refractivity contribution >= 4 is 23.2 Å². The molecule has 2 N–H and O–H groups in total. The lowest BCUT2D eigenvalue weighted by Gasteiger charge is -2.09. The summed E-state index contributed by atoms with van der Waals surface area (Å²) in [6.07, 6.45) is 1.66. The van der Waals surface area contributed by atoms with Gasteiger partial charge in [-0.15, -0.1) is 0 Å². The summed E-state index contributed by atoms with van der Waals surface area (Å²) in [5.74, 6) is 1.19. The number of hydrogen-bond donors (Lipinski definition) is 2. The third-order valence-electron chi connectivity index (χ3n) is 5.02. The molecule has 0 aliphatic heterocycles. The van der Waals surface area contributed by atoms with Gasteiger partial charge >= 0.3 is 0 Å². The molecular formula is C25H23N3O5. The van der Waals surface area contributed by atoms with Crippen molar-refractivity contribution in [1.29, 1.82) is 0 Å². The Bertz CT molecular complexity index is 1210. The predicted octanol–water partition coefficient (Wildman–Crippen LogP) is 4.90. The molecule has 0 unspecified atom stereocenters. The van der Waals surface area contributed by atoms with E-state index in [1.807, 2.05) is 38.1 Å². The van der Waals surface area contributed by atoms with Gasteiger partial charge in [-0.1, -0.05) is 17.3 Å². The summed E-state index contributed by atoms with van der Waals surface area (Å²) in [5, 5.41) is 9.50. The highest BCUT2D eigenvalue weighted by Crippen LogP contribution is 2.19. The predicted molar refractivity (Wildman–Crippen MR) is 122 cm³/mol. The second-order valence-corrected chi connectivity index (χ2v) is 7.47. The molecule has 168 valence electrons. The number of rotatable bonds is 8. The average molecular weight is 445 g/mol. The standard InChI is InChI=1S/C25H23N3O5/c1-16-22(17(2)33-28-16)15-32-21-11-5-18(6-12-21)14-24(29)26-19-7-9-20(10-8-19)27-25(30)23-4-3-13-31-23/h3-13H,14-15H2,1-2H3,(H,26,29)(H,27,30). The van der Waals surface area contributed by atoms with Gasteiger partial charge in [-0.25, -0.2) is 0 Å². The molecule has 2 aromatic carbocycles. The quantitative estimate of drug-likeness (QED) is 0.400. The largest absolute Gasteiger partial charge is 0.489 e. The minimum atomic E-state index is -0.337. The van der Waals surface area contributed by atoms with E-state index in [0.717, 1.165) is 22.6 Å². The number of carbonyl (C=O) groups is 2. The Morgan fingerprint density at radius 2 is 1.64 bits per heavy atom. The topological polar surface area (TPSA) is 107 Å². The first-order valence-corrected chi connectivity index (χ1v) is 10.4. The molecular weight excluding hydrogens is 422 g/mol. The fraction of sp³-hybridized carbons (Fsp3) is 0.160. The molecule has 0 bridgehead atoms. The molecule has 8 nitrogen and oxygen atoms in total. The summed E-state index contributed by atoms with van der Waals surface area (Å²) in [4.78, 5) is 24.4. The van der Waals surface area contributed by atoms with E-state index in [2.05, 4.69) is 15.8 Å². The van der Waals surface area contributed by atoms with E-state index in [4.69, 9.17) is 13.7 Å². The fourth-order valence-corrected chi connectivity index (χ4v) is 3.19. The van der Waals surface area contributed by atoms with Crippen LogP contribution in [0, 0.1) is 13.8 Å². The molecule has 0 aliphatic rings. The third kappa shape index (κ3) is 5.68. The Kier molecular flexibility index (Phi) is 6.54. The first-order chi connectivity index (χ1) is 16.0. The number of furan rings is 1. The number of anilines is 2. The van der Waals surface area contributed by atoms with Crippen molar-refractivity contribution in [1.82, 2.24) is 5.16 Å². The van der Waals surface area contributed by atoms with Gasteiger partial charge in [0, 0.05) is 11.4 Å². The van der Waals surface area contributed by atoms with Gasteiger partial charge in [0.2, 0.25) is 5.91 Å². The molecule has 0 fully saturated rings. The highest BCUT2D eigenvalue weighted by Gasteiger charge is 2.11. The average Bonchev–Trinajstić information content (AvgIpc) is 3.45. The van der Waals surface area contributed by atoms with Crippen molar-refractivity contribution in [3.05, 3.63) is 95.3 Å². The summed E-state index contributed by atoms with van der Waals surface area (Å²) in [6.45, 7) is 4.10. The van der Waals surface area contributed by atoms with Crippen LogP contribution in [0.5, 0.6) is 5.75 Å². The van der Waals surface area contributed by atoms with Crippen molar-refractivity contribution in [2.24, 2.45) is 0 Å². The summed E-state index contributed by atoms with van der Waals surface area (Å²) in [7, 11) is 0. The molecule has 33 heavy (non-hydrogen) atoms. The number of nitrogens with one attached hydrogen (secondary N) is 2. The van der Waals surface area contributed by atoms with E-state index in [-0.39, 0.29) is 24.0 Å². The molecule has 2 aromatic heterocycles. The van der Waals surface area contributed by atoms with Crippen LogP contribution < -0.4 is 15.4 Å². The van der Waals surface area contributed by atoms with E-state index in [1.54, 1.807) is 36.4 Å². The second kappa shape index (κ2) is 9.86. The van der Waals surface area contributed by atoms with Crippen LogP contribution in [-0.2, 0) is 17.8 Å². The normalized spacial score (nSPS) is 10.6. The number of carbonyl (C=O) groups excluding carboxylic acids is 2. The van der Waals surface area contributed by atoms with Crippen LogP contribution in [0.4, 0.5) is 11.4 Å². The molecule has 4 aromatic rings. The fourth-order valence-electron chi connectivity index (χ4n) is 3.19. The van der Waals surface area contributed by atoms with Crippen molar-refractivity contribution in [3.63, 3.8) is 0 Å². The van der Waals surface area contributed by atoms with Crippen LogP contribution >= 0.6 is 0 Å². The molecule has 0 radical (unpaired) electrons. The Hall–Kier alpha value is -4.33. The molecule has 0 saturated carbocycles. The highest BCUT2D eigenvalue weighted by atomic mass is 16.5. The number of nitrogens with zero attached hydrogens (tertiary/aromatic N) is 1. The van der Waals surface area contributed by atoms with Crippen molar-refractivity contribution in [2.75, 3.05) is 10.6 Å². The molecule has 0 aliphatic carbocycles. The van der Waals surface area contributed by atoms with Crippen LogP contribution in [-0.4, -0.2) is 17.0 Å². The van der Waals surface area contributed by atoms with Crippen LogP contribution in [0.25, 0.3) is 0 Å². The van der Waals surface area contributed by atoms with E-state index in [1.165, 1.54) is 6.26 Å². The molecule has 2 heterocycles. The van der Waals surface area contributed by atoms with Crippen LogP contribution in [0.3, 0.4) is 0 Å². The Morgan fingerprint density at radius 3 is 2.24 bits per heavy atom. The zero-order valence-corrected chi connectivity index (χ0v) is 18.3. The van der Waals surface area contributed by atoms with Gasteiger partial charge in [0.1, 0.15) is 18.1 Å². The molecule has 2 amide bonds. The van der Waals surface area contributed by atoms with Crippen LogP contribution in [0.1, 0.15) is 33.1 Å². The van der Waals surface area contributed by atoms with Gasteiger partial charge in [0.05, 0.1) is 23.9 Å². The second-order valence-electron chi connectivity index (χ2n) is 7.47. The number of amides is 2. The number of benzene rings is 2. The van der Waals surface area contributed by atoms with E-state index in [0.29, 0.717) is 23.7 Å². The van der Waals surface area contributed by atoms with Gasteiger partial charge < -0.3 is 24.3 Å². The lowest BCUT2D eigenvalue weighted by Crippen LogP contribution is -2.14. The summed E-state index contributed by atoms with van der Waals surface area (Å²) < 4.78 is 16.0. The number of aryl methyl sites for hydroxylation is 2. The first-order valence-electron chi connectivity index (χ1n) is 10.4. The monoisotopic (exact) mass is 445 g/mol. The lowest BCUT2D eigenvalue weighted by atomic mass is 10.1. The Balaban J connectivity index is 1.26. The molecule has 8 heteroatoms. The van der Waals surface area contributed by atoms with Crippen molar-refractivity contribution in [2.45, 2.75) is 26.9 Å². The summed E-state index contributed by atoms with van der Waals surface area (Å²) in [5.41, 5.74) is 3.84. The molecule has 4 rings (SSSR count). The Labute approximate surface area is 190 Å². The molecule has 0 saturated heterocycles. The van der Waals surface area contributed by atoms with E-state index in [9.17, 15) is 9.59 Å². The van der Waals surface area contributed by atoms with Gasteiger partial charge in [0.25, 0.3) is 5.91 Å². The Morgan fingerprint density at radius 1 is 0.939 bits per heavy atom. The lowest BCUT2D eigenvalue weighted by molar-refractivity contribution is -0.115. The zero-order chi connectivity index (χ0) is 23.2. The number of aromatic nitrogens is 1. The summed E-state index contributed by atoms with van der Waals surface area (Å²) in [6, 6.07) is 17.5. The van der Waals surface area contributed by atoms with Crippen molar-refractivity contribution in [3.8, 4) is 5.75 Å². The maximum Gasteiger partial charge on any atom is 0.291 e. The highest BCUT2D eigenvalue weighted by molar-refractivity contribution is 6.02. The van der Waals surface area contributed by atoms with Gasteiger partial charge in [-0.3, -0.25) is 9.59 Å². The van der Waals surface area contributed by atoms with Gasteiger partial charge in [-0.05, 0) is 67.9 Å². The number of hydrogen-bond acceptors (Lipinski definition) is 6. The van der Waals surface area contributed by atoms with Gasteiger partial charge in [-0.2, -0.15) is 0 Å². The maximum absolute atomic E-state index is 12.4. The summed E-state index contributed by atoms with van der Waals surface area (Å²) >= 11 is 0. The third-order valence-corrected chi connectivity index (χ3v) is 5.02. The number of ether oxygens (including phenoxy) is 1. The van der Waals surface area contributed by atoms with Crippen molar-refractivity contribution < 1.29 is 23.3 Å². The van der Waals surface area contributed by atoms with Crippen LogP contribution in [0.2, 0.25) is 0 Å². The van der Waals surface area contributed by atoms with E-state index < -0.39 is 0 Å². The molecule has 0 atom stereocenters. The minimum absolute atomic E-state index is 0.147. The SMILES string of the molecule is Cc1noc(C)c1COc1ccc(CC(=O)Nc2ccc(NC(=O)c3ccco3)cc2)cc1. The van der Waals surface area contributed by atoms with Gasteiger partial charge in [0.15, 0.2) is 5.76 Å². The van der Waals surface area contributed by atoms with Crippen LogP contribution in [0.15, 0.2) is 75.9 Å². The maximum atomic E-state index is 12.4.